The Morgan fingerprint density at radius 3 is 2.19 bits per heavy atom. The van der Waals surface area contributed by atoms with Crippen molar-refractivity contribution >= 4 is 18.0 Å². The Hall–Kier alpha value is -3.39. The average Bonchev–Trinajstić information content (AvgIpc) is 3.08. The van der Waals surface area contributed by atoms with Crippen LogP contribution in [0.1, 0.15) is 36.8 Å². The molecule has 1 fully saturated rings. The molecule has 1 aliphatic heterocycles. The maximum Gasteiger partial charge on any atom is 0.407 e. The van der Waals surface area contributed by atoms with Gasteiger partial charge in [0.2, 0.25) is 5.91 Å². The summed E-state index contributed by atoms with van der Waals surface area (Å²) < 4.78 is 5.51. The summed E-state index contributed by atoms with van der Waals surface area (Å²) in [5, 5.41) is 21.5. The number of fused-ring (bicyclic) bond motifs is 3. The van der Waals surface area contributed by atoms with E-state index in [4.69, 9.17) is 9.84 Å². The molecular formula is C24H26N2O6. The van der Waals surface area contributed by atoms with Crippen LogP contribution in [0, 0.1) is 0 Å². The molecule has 0 radical (unpaired) electrons. The highest BCUT2D eigenvalue weighted by Crippen LogP contribution is 2.44. The van der Waals surface area contributed by atoms with Crippen LogP contribution >= 0.6 is 0 Å². The van der Waals surface area contributed by atoms with E-state index < -0.39 is 29.6 Å². The molecule has 1 saturated heterocycles. The van der Waals surface area contributed by atoms with E-state index in [1.165, 1.54) is 4.90 Å². The minimum absolute atomic E-state index is 0.0885. The fourth-order valence-electron chi connectivity index (χ4n) is 4.43. The van der Waals surface area contributed by atoms with Crippen LogP contribution in [-0.2, 0) is 14.3 Å². The number of carbonyl (C=O) groups excluding carboxylic acids is 2. The van der Waals surface area contributed by atoms with Gasteiger partial charge in [0.15, 0.2) is 5.60 Å². The molecule has 1 aliphatic carbocycles. The van der Waals surface area contributed by atoms with E-state index in [0.717, 1.165) is 22.3 Å². The van der Waals surface area contributed by atoms with Gasteiger partial charge in [-0.25, -0.2) is 9.59 Å². The lowest BCUT2D eigenvalue weighted by Crippen LogP contribution is -2.69. The summed E-state index contributed by atoms with van der Waals surface area (Å²) in [4.78, 5) is 37.5. The maximum atomic E-state index is 12.7. The Bertz CT molecular complexity index is 1000. The Labute approximate surface area is 185 Å². The van der Waals surface area contributed by atoms with Gasteiger partial charge in [-0.1, -0.05) is 61.9 Å². The number of aliphatic hydroxyl groups is 1. The summed E-state index contributed by atoms with van der Waals surface area (Å²) in [6.45, 7) is 1.42. The quantitative estimate of drug-likeness (QED) is 0.611. The predicted octanol–water partition coefficient (Wildman–Crippen LogP) is 2.35. The van der Waals surface area contributed by atoms with Crippen LogP contribution < -0.4 is 5.32 Å². The van der Waals surface area contributed by atoms with Crippen LogP contribution in [0.2, 0.25) is 0 Å². The fourth-order valence-corrected chi connectivity index (χ4v) is 4.43. The van der Waals surface area contributed by atoms with Crippen molar-refractivity contribution in [1.82, 2.24) is 10.2 Å². The van der Waals surface area contributed by atoms with Crippen LogP contribution in [0.15, 0.2) is 48.5 Å². The van der Waals surface area contributed by atoms with E-state index in [-0.39, 0.29) is 25.6 Å². The number of carboxylic acids is 1. The van der Waals surface area contributed by atoms with Crippen molar-refractivity contribution in [3.05, 3.63) is 59.7 Å². The lowest BCUT2D eigenvalue weighted by atomic mass is 9.93. The van der Waals surface area contributed by atoms with Gasteiger partial charge in [0.1, 0.15) is 12.6 Å². The number of hydrogen-bond donors (Lipinski definition) is 3. The van der Waals surface area contributed by atoms with Crippen LogP contribution in [-0.4, -0.2) is 64.4 Å². The first-order chi connectivity index (χ1) is 15.3. The molecule has 0 saturated carbocycles. The second-order valence-electron chi connectivity index (χ2n) is 8.34. The highest BCUT2D eigenvalue weighted by Gasteiger charge is 2.51. The minimum Gasteiger partial charge on any atom is -0.479 e. The minimum atomic E-state index is -1.92. The highest BCUT2D eigenvalue weighted by atomic mass is 16.5. The summed E-state index contributed by atoms with van der Waals surface area (Å²) in [6, 6.07) is 15.2. The van der Waals surface area contributed by atoms with Crippen molar-refractivity contribution in [3.63, 3.8) is 0 Å². The molecule has 168 valence electrons. The van der Waals surface area contributed by atoms with E-state index in [9.17, 15) is 19.5 Å². The van der Waals surface area contributed by atoms with Crippen molar-refractivity contribution < 1.29 is 29.3 Å². The summed E-state index contributed by atoms with van der Waals surface area (Å²) in [7, 11) is 0. The van der Waals surface area contributed by atoms with Crippen LogP contribution in [0.3, 0.4) is 0 Å². The van der Waals surface area contributed by atoms with Crippen molar-refractivity contribution in [2.45, 2.75) is 37.3 Å². The third-order valence-corrected chi connectivity index (χ3v) is 6.13. The number of alkyl carbamates (subject to hydrolysis) is 1. The number of nitrogens with zero attached hydrogens (tertiary/aromatic N) is 1. The van der Waals surface area contributed by atoms with Gasteiger partial charge in [-0.15, -0.1) is 0 Å². The molecule has 1 heterocycles. The normalized spacial score (nSPS) is 17.0. The summed E-state index contributed by atoms with van der Waals surface area (Å²) in [6.07, 6.45) is 0.315. The smallest absolute Gasteiger partial charge is 0.407 e. The zero-order chi connectivity index (χ0) is 22.9. The van der Waals surface area contributed by atoms with Crippen molar-refractivity contribution in [2.75, 3.05) is 19.7 Å². The van der Waals surface area contributed by atoms with Gasteiger partial charge >= 0.3 is 12.1 Å². The van der Waals surface area contributed by atoms with Crippen molar-refractivity contribution in [1.29, 1.82) is 0 Å². The zero-order valence-electron chi connectivity index (χ0n) is 17.8. The van der Waals surface area contributed by atoms with Gasteiger partial charge in [0.25, 0.3) is 0 Å². The number of hydrogen-bond acceptors (Lipinski definition) is 5. The number of carboxylic acid groups (broad SMARTS) is 1. The Morgan fingerprint density at radius 1 is 1.09 bits per heavy atom. The number of nitrogens with one attached hydrogen (secondary N) is 1. The molecular weight excluding hydrogens is 412 g/mol. The Kier molecular flexibility index (Phi) is 5.88. The third kappa shape index (κ3) is 3.93. The topological polar surface area (TPSA) is 116 Å². The van der Waals surface area contributed by atoms with Crippen LogP contribution in [0.5, 0.6) is 0 Å². The first kappa shape index (κ1) is 21.8. The van der Waals surface area contributed by atoms with Gasteiger partial charge < -0.3 is 25.2 Å². The van der Waals surface area contributed by atoms with E-state index in [1.807, 2.05) is 43.3 Å². The second-order valence-corrected chi connectivity index (χ2v) is 8.34. The molecule has 0 aromatic heterocycles. The number of carbonyl (C=O) groups is 3. The highest BCUT2D eigenvalue weighted by molar-refractivity contribution is 5.89. The van der Waals surface area contributed by atoms with Gasteiger partial charge in [0, 0.05) is 5.92 Å². The molecule has 8 nitrogen and oxygen atoms in total. The number of β-amino-alcohol motifs (C(OH)–C–C–N with tert-alkyl or cyclic N) is 1. The van der Waals surface area contributed by atoms with E-state index in [0.29, 0.717) is 12.8 Å². The molecule has 0 spiro atoms. The molecule has 2 aromatic carbocycles. The van der Waals surface area contributed by atoms with Crippen molar-refractivity contribution in [3.8, 4) is 11.1 Å². The van der Waals surface area contributed by atoms with Crippen LogP contribution in [0.4, 0.5) is 4.79 Å². The largest absolute Gasteiger partial charge is 0.479 e. The number of rotatable bonds is 7. The molecule has 4 rings (SSSR count). The monoisotopic (exact) mass is 438 g/mol. The SMILES string of the molecule is CCC[C@H](NC(=O)OCC1c2ccccc2-c2ccccc21)C(=O)N1CC(O)(C(=O)O)C1. The molecule has 32 heavy (non-hydrogen) atoms. The number of aliphatic carboxylic acids is 1. The lowest BCUT2D eigenvalue weighted by Gasteiger charge is -2.44. The number of benzene rings is 2. The Morgan fingerprint density at radius 2 is 1.66 bits per heavy atom. The lowest BCUT2D eigenvalue weighted by molar-refractivity contribution is -0.182. The number of amides is 2. The van der Waals surface area contributed by atoms with Gasteiger partial charge in [-0.05, 0) is 28.7 Å². The first-order valence-corrected chi connectivity index (χ1v) is 10.7. The maximum absolute atomic E-state index is 12.7. The first-order valence-electron chi connectivity index (χ1n) is 10.7. The van der Waals surface area contributed by atoms with E-state index >= 15 is 0 Å². The molecule has 3 N–H and O–H groups in total. The zero-order valence-corrected chi connectivity index (χ0v) is 17.8. The number of likely N-dealkylation sites (tertiary alicyclic amines) is 1. The van der Waals surface area contributed by atoms with Gasteiger partial charge in [-0.2, -0.15) is 0 Å². The van der Waals surface area contributed by atoms with Crippen molar-refractivity contribution in [2.24, 2.45) is 0 Å². The Balaban J connectivity index is 1.39. The molecule has 1 atom stereocenters. The molecule has 0 unspecified atom stereocenters. The molecule has 8 heteroatoms. The van der Waals surface area contributed by atoms with Crippen LogP contribution in [0.25, 0.3) is 11.1 Å². The molecule has 2 aliphatic rings. The van der Waals surface area contributed by atoms with Gasteiger partial charge in [-0.3, -0.25) is 4.79 Å². The average molecular weight is 438 g/mol. The molecule has 2 aromatic rings. The fraction of sp³-hybridized carbons (Fsp3) is 0.375. The standard InChI is InChI=1S/C24H26N2O6/c1-2-7-20(21(27)26-13-24(31,14-26)22(28)29)25-23(30)32-12-19-17-10-5-3-8-15(17)16-9-4-6-11-18(16)19/h3-6,8-11,19-20,31H,2,7,12-14H2,1H3,(H,25,30)(H,28,29)/t20-/m0/s1. The third-order valence-electron chi connectivity index (χ3n) is 6.13. The molecule has 0 bridgehead atoms. The molecule has 2 amide bonds. The summed E-state index contributed by atoms with van der Waals surface area (Å²) >= 11 is 0. The summed E-state index contributed by atoms with van der Waals surface area (Å²) in [5.41, 5.74) is 2.52. The predicted molar refractivity (Wildman–Crippen MR) is 116 cm³/mol. The van der Waals surface area contributed by atoms with E-state index in [1.54, 1.807) is 0 Å². The summed E-state index contributed by atoms with van der Waals surface area (Å²) in [5.74, 6) is -1.88. The van der Waals surface area contributed by atoms with Gasteiger partial charge in [0.05, 0.1) is 13.1 Å². The second kappa shape index (κ2) is 8.63. The number of ether oxygens (including phenoxy) is 1. The van der Waals surface area contributed by atoms with E-state index in [2.05, 4.69) is 17.4 Å².